The molecule has 15 heteroatoms. The van der Waals surface area contributed by atoms with Crippen molar-refractivity contribution in [3.05, 3.63) is 24.8 Å². The van der Waals surface area contributed by atoms with Crippen molar-refractivity contribution in [1.29, 1.82) is 0 Å². The second kappa shape index (κ2) is 24.7. The number of carboxylic acid groups (broad SMARTS) is 1. The highest BCUT2D eigenvalue weighted by Crippen LogP contribution is 2.31. The lowest BCUT2D eigenvalue weighted by atomic mass is 9.97. The molecule has 7 unspecified atom stereocenters. The third-order valence-corrected chi connectivity index (χ3v) is 8.87. The fourth-order valence-electron chi connectivity index (χ4n) is 5.87. The normalized spacial score (nSPS) is 30.2. The van der Waals surface area contributed by atoms with Gasteiger partial charge < -0.3 is 59.1 Å². The quantitative estimate of drug-likeness (QED) is 0.0450. The van der Waals surface area contributed by atoms with Crippen LogP contribution in [0.25, 0.3) is 0 Å². The van der Waals surface area contributed by atoms with Crippen LogP contribution in [0.5, 0.6) is 0 Å². The van der Waals surface area contributed by atoms with Crippen LogP contribution in [0.4, 0.5) is 0 Å². The van der Waals surface area contributed by atoms with E-state index in [0.717, 1.165) is 84.0 Å². The lowest BCUT2D eigenvalue weighted by Crippen LogP contribution is -2.65. The zero-order valence-corrected chi connectivity index (χ0v) is 30.0. The Bertz CT molecular complexity index is 1050. The van der Waals surface area contributed by atoms with Gasteiger partial charge in [0.1, 0.15) is 62.0 Å². The van der Waals surface area contributed by atoms with Gasteiger partial charge in [-0.05, 0) is 38.5 Å². The number of carbonyl (C=O) groups excluding carboxylic acids is 2. The Hall–Kier alpha value is -2.47. The molecule has 0 aromatic rings. The lowest BCUT2D eigenvalue weighted by Gasteiger charge is -2.46. The van der Waals surface area contributed by atoms with E-state index in [1.54, 1.807) is 6.08 Å². The molecule has 0 spiro atoms. The molecule has 2 saturated heterocycles. The maximum atomic E-state index is 11.4. The van der Waals surface area contributed by atoms with Crippen LogP contribution in [0.2, 0.25) is 0 Å². The van der Waals surface area contributed by atoms with Crippen molar-refractivity contribution in [3.8, 4) is 0 Å². The topological polar surface area (TPSA) is 228 Å². The van der Waals surface area contributed by atoms with Crippen molar-refractivity contribution >= 4 is 17.9 Å². The monoisotopic (exact) mass is 732 g/mol. The van der Waals surface area contributed by atoms with Crippen LogP contribution in [-0.2, 0) is 42.8 Å². The molecule has 51 heavy (non-hydrogen) atoms. The van der Waals surface area contributed by atoms with E-state index in [2.05, 4.69) is 18.7 Å². The van der Waals surface area contributed by atoms with Gasteiger partial charge in [-0.1, -0.05) is 63.2 Å². The number of aliphatic hydroxyl groups excluding tert-OH is 5. The van der Waals surface area contributed by atoms with E-state index in [1.807, 2.05) is 0 Å². The van der Waals surface area contributed by atoms with E-state index in [1.165, 1.54) is 6.92 Å². The van der Waals surface area contributed by atoms with E-state index in [9.17, 15) is 39.9 Å². The molecular formula is C36H60O15. The zero-order chi connectivity index (χ0) is 37.8. The molecular weight excluding hydrogens is 672 g/mol. The van der Waals surface area contributed by atoms with Crippen LogP contribution in [0.3, 0.4) is 0 Å². The third-order valence-electron chi connectivity index (χ3n) is 8.87. The summed E-state index contributed by atoms with van der Waals surface area (Å²) in [5, 5.41) is 62.0. The molecule has 2 heterocycles. The highest BCUT2D eigenvalue weighted by atomic mass is 16.8. The SMILES string of the molecule is C=CC(CCCCCCC/C=C\CCCCCCCC(=O)O)O[C@@H]1OC(COC(C)=O)[C@@H](O)C(O)C1O[C@@H]1OC(COC(C)=O)[C@@H](O)C(O)C1O. The number of allylic oxidation sites excluding steroid dienone is 2. The van der Waals surface area contributed by atoms with E-state index < -0.39 is 92.0 Å². The first kappa shape index (κ1) is 44.7. The van der Waals surface area contributed by atoms with Crippen LogP contribution < -0.4 is 0 Å². The summed E-state index contributed by atoms with van der Waals surface area (Å²) in [4.78, 5) is 33.3. The van der Waals surface area contributed by atoms with Crippen molar-refractivity contribution in [2.75, 3.05) is 13.2 Å². The fourth-order valence-corrected chi connectivity index (χ4v) is 5.87. The Morgan fingerprint density at radius 1 is 0.667 bits per heavy atom. The molecule has 0 saturated carbocycles. The fraction of sp³-hybridized carbons (Fsp3) is 0.806. The molecule has 0 aromatic heterocycles. The van der Waals surface area contributed by atoms with Crippen molar-refractivity contribution in [1.82, 2.24) is 0 Å². The summed E-state index contributed by atoms with van der Waals surface area (Å²) in [6.45, 7) is 5.35. The van der Waals surface area contributed by atoms with Crippen molar-refractivity contribution in [2.45, 2.75) is 171 Å². The number of aliphatic carboxylic acids is 1. The molecule has 0 aromatic carbocycles. The van der Waals surface area contributed by atoms with Gasteiger partial charge in [0.25, 0.3) is 0 Å². The molecule has 0 radical (unpaired) electrons. The van der Waals surface area contributed by atoms with E-state index >= 15 is 0 Å². The molecule has 0 bridgehead atoms. The standard InChI is InChI=1S/C36H60O15/c1-4-25(19-17-15-13-11-9-7-5-6-8-10-12-14-16-18-20-28(39)40)48-36-34(32(44)30(42)27(50-36)22-47-24(3)38)51-35-33(45)31(43)29(41)26(49-35)21-46-23(2)37/h4-6,25-27,29-36,41-45H,1,7-22H2,2-3H3,(H,39,40)/b6-5-/t25?,26?,27?,29-,30-,31?,32?,33?,34?,35+,36-/m1/s1. The van der Waals surface area contributed by atoms with Crippen LogP contribution in [-0.4, -0.2) is 129 Å². The first-order chi connectivity index (χ1) is 24.3. The Kier molecular flexibility index (Phi) is 21.7. The highest BCUT2D eigenvalue weighted by Gasteiger charge is 2.51. The molecule has 2 aliphatic rings. The van der Waals surface area contributed by atoms with Gasteiger partial charge in [-0.3, -0.25) is 14.4 Å². The Morgan fingerprint density at radius 3 is 1.69 bits per heavy atom. The largest absolute Gasteiger partial charge is 0.481 e. The first-order valence-corrected chi connectivity index (χ1v) is 18.1. The molecule has 6 N–H and O–H groups in total. The molecule has 11 atom stereocenters. The molecule has 2 aliphatic heterocycles. The van der Waals surface area contributed by atoms with Gasteiger partial charge in [0.05, 0.1) is 6.10 Å². The van der Waals surface area contributed by atoms with Crippen LogP contribution in [0, 0.1) is 0 Å². The minimum atomic E-state index is -1.80. The number of ether oxygens (including phenoxy) is 6. The number of unbranched alkanes of at least 4 members (excludes halogenated alkanes) is 10. The average molecular weight is 733 g/mol. The average Bonchev–Trinajstić information content (AvgIpc) is 3.08. The molecule has 15 nitrogen and oxygen atoms in total. The number of esters is 2. The maximum absolute atomic E-state index is 11.4. The van der Waals surface area contributed by atoms with Crippen LogP contribution in [0.15, 0.2) is 24.8 Å². The zero-order valence-electron chi connectivity index (χ0n) is 30.0. The number of aliphatic hydroxyl groups is 5. The van der Waals surface area contributed by atoms with Gasteiger partial charge in [-0.2, -0.15) is 0 Å². The number of hydrogen-bond acceptors (Lipinski definition) is 14. The molecule has 294 valence electrons. The Labute approximate surface area is 300 Å². The van der Waals surface area contributed by atoms with Gasteiger partial charge in [0.2, 0.25) is 0 Å². The summed E-state index contributed by atoms with van der Waals surface area (Å²) in [5.41, 5.74) is 0. The molecule has 0 amide bonds. The summed E-state index contributed by atoms with van der Waals surface area (Å²) in [6.07, 6.45) is 2.74. The summed E-state index contributed by atoms with van der Waals surface area (Å²) < 4.78 is 33.4. The van der Waals surface area contributed by atoms with E-state index in [-0.39, 0.29) is 13.0 Å². The number of carboxylic acids is 1. The Balaban J connectivity index is 1.87. The summed E-state index contributed by atoms with van der Waals surface area (Å²) >= 11 is 0. The number of rotatable bonds is 25. The van der Waals surface area contributed by atoms with Gasteiger partial charge in [0.15, 0.2) is 12.6 Å². The molecule has 2 fully saturated rings. The van der Waals surface area contributed by atoms with Gasteiger partial charge in [-0.15, -0.1) is 6.58 Å². The molecule has 2 rings (SSSR count). The maximum Gasteiger partial charge on any atom is 0.303 e. The van der Waals surface area contributed by atoms with Crippen molar-refractivity contribution < 1.29 is 73.4 Å². The smallest absolute Gasteiger partial charge is 0.303 e. The van der Waals surface area contributed by atoms with E-state index in [0.29, 0.717) is 6.42 Å². The summed E-state index contributed by atoms with van der Waals surface area (Å²) in [7, 11) is 0. The predicted octanol–water partition coefficient (Wildman–Crippen LogP) is 2.43. The Morgan fingerprint density at radius 2 is 1.16 bits per heavy atom. The third kappa shape index (κ3) is 16.8. The second-order valence-corrected chi connectivity index (χ2v) is 13.2. The van der Waals surface area contributed by atoms with Crippen LogP contribution in [0.1, 0.15) is 104 Å². The minimum absolute atomic E-state index is 0.248. The predicted molar refractivity (Wildman–Crippen MR) is 182 cm³/mol. The number of carbonyl (C=O) groups is 3. The summed E-state index contributed by atoms with van der Waals surface area (Å²) in [5.74, 6) is -2.02. The summed E-state index contributed by atoms with van der Waals surface area (Å²) in [6, 6.07) is 0. The first-order valence-electron chi connectivity index (χ1n) is 18.1. The second-order valence-electron chi connectivity index (χ2n) is 13.2. The van der Waals surface area contributed by atoms with Crippen LogP contribution >= 0.6 is 0 Å². The van der Waals surface area contributed by atoms with E-state index in [4.69, 9.17) is 33.5 Å². The van der Waals surface area contributed by atoms with Gasteiger partial charge in [-0.25, -0.2) is 0 Å². The van der Waals surface area contributed by atoms with Crippen molar-refractivity contribution in [3.63, 3.8) is 0 Å². The molecule has 0 aliphatic carbocycles. The lowest BCUT2D eigenvalue weighted by molar-refractivity contribution is -0.370. The van der Waals surface area contributed by atoms with Gasteiger partial charge in [0, 0.05) is 20.3 Å². The minimum Gasteiger partial charge on any atom is -0.481 e. The van der Waals surface area contributed by atoms with Crippen molar-refractivity contribution in [2.24, 2.45) is 0 Å². The highest BCUT2D eigenvalue weighted by molar-refractivity contribution is 5.66. The van der Waals surface area contributed by atoms with Gasteiger partial charge >= 0.3 is 17.9 Å². The number of hydrogen-bond donors (Lipinski definition) is 6.